The van der Waals surface area contributed by atoms with Crippen LogP contribution in [0.1, 0.15) is 33.2 Å². The minimum atomic E-state index is 0.343. The van der Waals surface area contributed by atoms with E-state index < -0.39 is 0 Å². The van der Waals surface area contributed by atoms with Crippen LogP contribution in [-0.4, -0.2) is 19.7 Å². The molecule has 5 nitrogen and oxygen atoms in total. The summed E-state index contributed by atoms with van der Waals surface area (Å²) in [5, 5.41) is 5.43. The lowest BCUT2D eigenvalue weighted by Gasteiger charge is -2.19. The summed E-state index contributed by atoms with van der Waals surface area (Å²) in [6, 6.07) is 0.343. The van der Waals surface area contributed by atoms with Crippen molar-refractivity contribution in [3.05, 3.63) is 10.0 Å². The molecule has 0 aromatic carbocycles. The van der Waals surface area contributed by atoms with Crippen LogP contribution in [0.2, 0.25) is 0 Å². The maximum absolute atomic E-state index is 5.88. The van der Waals surface area contributed by atoms with E-state index in [2.05, 4.69) is 58.4 Å². The summed E-state index contributed by atoms with van der Waals surface area (Å²) in [7, 11) is 0. The van der Waals surface area contributed by atoms with Crippen molar-refractivity contribution in [3.63, 3.8) is 0 Å². The quantitative estimate of drug-likeness (QED) is 0.869. The van der Waals surface area contributed by atoms with Crippen molar-refractivity contribution in [1.29, 1.82) is 0 Å². The Hall–Kier alpha value is -0.920. The van der Waals surface area contributed by atoms with Gasteiger partial charge in [0.05, 0.1) is 11.4 Å². The zero-order valence-electron chi connectivity index (χ0n) is 10.2. The van der Waals surface area contributed by atoms with Crippen molar-refractivity contribution < 1.29 is 0 Å². The number of halogens is 1. The molecule has 2 aromatic rings. The molecule has 2 N–H and O–H groups in total. The number of anilines is 1. The maximum Gasteiger partial charge on any atom is 0.164 e. The van der Waals surface area contributed by atoms with Gasteiger partial charge in [0.1, 0.15) is 15.8 Å². The molecule has 92 valence electrons. The van der Waals surface area contributed by atoms with Gasteiger partial charge in [-0.3, -0.25) is 0 Å². The fourth-order valence-electron chi connectivity index (χ4n) is 2.11. The number of fused-ring (bicyclic) bond motifs is 1. The average Bonchev–Trinajstić information content (AvgIpc) is 2.58. The van der Waals surface area contributed by atoms with Gasteiger partial charge in [0, 0.05) is 0 Å². The lowest BCUT2D eigenvalue weighted by Crippen LogP contribution is -2.16. The highest BCUT2D eigenvalue weighted by molar-refractivity contribution is 14.1. The van der Waals surface area contributed by atoms with E-state index in [0.29, 0.717) is 17.8 Å². The predicted molar refractivity (Wildman–Crippen MR) is 76.6 cm³/mol. The third-order valence-electron chi connectivity index (χ3n) is 2.98. The standard InChI is InChI=1S/C11H16IN5/c1-4-7(6(2)3)17-11-8(9(12)16-17)10(13)14-5-15-11/h5-7H,4H2,1-3H3,(H2,13,14,15). The number of hydrogen-bond acceptors (Lipinski definition) is 4. The van der Waals surface area contributed by atoms with Crippen LogP contribution in [0.3, 0.4) is 0 Å². The molecule has 0 bridgehead atoms. The van der Waals surface area contributed by atoms with E-state index in [-0.39, 0.29) is 0 Å². The molecular formula is C11H16IN5. The van der Waals surface area contributed by atoms with Crippen molar-refractivity contribution in [3.8, 4) is 0 Å². The van der Waals surface area contributed by atoms with Crippen molar-refractivity contribution in [2.24, 2.45) is 5.92 Å². The Balaban J connectivity index is 2.67. The number of aromatic nitrogens is 4. The number of hydrogen-bond donors (Lipinski definition) is 1. The summed E-state index contributed by atoms with van der Waals surface area (Å²) in [4.78, 5) is 8.34. The first kappa shape index (κ1) is 12.5. The highest BCUT2D eigenvalue weighted by Gasteiger charge is 2.21. The molecule has 0 saturated heterocycles. The van der Waals surface area contributed by atoms with Crippen LogP contribution in [0, 0.1) is 9.62 Å². The van der Waals surface area contributed by atoms with Gasteiger partial charge in [-0.15, -0.1) is 0 Å². The molecule has 2 heterocycles. The normalized spacial score (nSPS) is 13.5. The van der Waals surface area contributed by atoms with Crippen LogP contribution in [0.25, 0.3) is 11.0 Å². The van der Waals surface area contributed by atoms with Gasteiger partial charge in [-0.05, 0) is 34.9 Å². The van der Waals surface area contributed by atoms with E-state index >= 15 is 0 Å². The summed E-state index contributed by atoms with van der Waals surface area (Å²) in [5.74, 6) is 1.01. The predicted octanol–water partition coefficient (Wildman–Crippen LogP) is 2.62. The van der Waals surface area contributed by atoms with E-state index in [1.54, 1.807) is 0 Å². The highest BCUT2D eigenvalue weighted by atomic mass is 127. The van der Waals surface area contributed by atoms with Gasteiger partial charge in [-0.1, -0.05) is 20.8 Å². The second-order valence-corrected chi connectivity index (χ2v) is 5.43. The summed E-state index contributed by atoms with van der Waals surface area (Å²) >= 11 is 2.19. The van der Waals surface area contributed by atoms with Crippen LogP contribution in [0.4, 0.5) is 5.82 Å². The number of nitrogens with zero attached hydrogens (tertiary/aromatic N) is 4. The number of rotatable bonds is 3. The first-order chi connectivity index (χ1) is 8.06. The van der Waals surface area contributed by atoms with Gasteiger partial charge >= 0.3 is 0 Å². The zero-order valence-corrected chi connectivity index (χ0v) is 12.3. The van der Waals surface area contributed by atoms with Crippen LogP contribution in [0.5, 0.6) is 0 Å². The minimum absolute atomic E-state index is 0.343. The largest absolute Gasteiger partial charge is 0.383 e. The lowest BCUT2D eigenvalue weighted by atomic mass is 10.0. The van der Waals surface area contributed by atoms with Gasteiger partial charge in [0.2, 0.25) is 0 Å². The molecule has 2 aromatic heterocycles. The van der Waals surface area contributed by atoms with Gasteiger partial charge < -0.3 is 5.73 Å². The molecule has 6 heteroatoms. The number of nitrogen functional groups attached to an aromatic ring is 1. The Morgan fingerprint density at radius 2 is 2.12 bits per heavy atom. The van der Waals surface area contributed by atoms with Crippen molar-refractivity contribution in [2.75, 3.05) is 5.73 Å². The van der Waals surface area contributed by atoms with E-state index in [4.69, 9.17) is 5.73 Å². The molecule has 0 fully saturated rings. The number of nitrogens with two attached hydrogens (primary N) is 1. The molecule has 0 spiro atoms. The van der Waals surface area contributed by atoms with Crippen molar-refractivity contribution in [2.45, 2.75) is 33.2 Å². The molecule has 17 heavy (non-hydrogen) atoms. The Kier molecular flexibility index (Phi) is 3.50. The van der Waals surface area contributed by atoms with Crippen LogP contribution < -0.4 is 5.73 Å². The molecule has 0 saturated carbocycles. The fraction of sp³-hybridized carbons (Fsp3) is 0.545. The smallest absolute Gasteiger partial charge is 0.164 e. The summed E-state index contributed by atoms with van der Waals surface area (Å²) < 4.78 is 2.86. The van der Waals surface area contributed by atoms with Gasteiger partial charge in [-0.2, -0.15) is 5.10 Å². The van der Waals surface area contributed by atoms with Gasteiger partial charge in [0.15, 0.2) is 5.65 Å². The minimum Gasteiger partial charge on any atom is -0.383 e. The summed E-state index contributed by atoms with van der Waals surface area (Å²) in [6.07, 6.45) is 2.52. The van der Waals surface area contributed by atoms with E-state index in [9.17, 15) is 0 Å². The molecular weight excluding hydrogens is 329 g/mol. The Morgan fingerprint density at radius 1 is 1.41 bits per heavy atom. The monoisotopic (exact) mass is 345 g/mol. The van der Waals surface area contributed by atoms with Crippen LogP contribution >= 0.6 is 22.6 Å². The molecule has 0 amide bonds. The Labute approximate surface area is 114 Å². The van der Waals surface area contributed by atoms with E-state index in [1.165, 1.54) is 6.33 Å². The van der Waals surface area contributed by atoms with Gasteiger partial charge in [-0.25, -0.2) is 14.6 Å². The fourth-order valence-corrected chi connectivity index (χ4v) is 2.86. The van der Waals surface area contributed by atoms with Gasteiger partial charge in [0.25, 0.3) is 0 Å². The highest BCUT2D eigenvalue weighted by Crippen LogP contribution is 2.29. The first-order valence-electron chi connectivity index (χ1n) is 5.70. The maximum atomic E-state index is 5.88. The first-order valence-corrected chi connectivity index (χ1v) is 6.78. The third-order valence-corrected chi connectivity index (χ3v) is 3.73. The topological polar surface area (TPSA) is 69.6 Å². The molecule has 0 aliphatic carbocycles. The second kappa shape index (κ2) is 4.75. The summed E-state index contributed by atoms with van der Waals surface area (Å²) in [6.45, 7) is 6.55. The second-order valence-electron chi connectivity index (χ2n) is 4.41. The summed E-state index contributed by atoms with van der Waals surface area (Å²) in [5.41, 5.74) is 6.71. The molecule has 0 radical (unpaired) electrons. The Bertz CT molecular complexity index is 534. The zero-order chi connectivity index (χ0) is 12.6. The molecule has 2 rings (SSSR count). The molecule has 1 unspecified atom stereocenters. The van der Waals surface area contributed by atoms with E-state index in [1.807, 2.05) is 4.68 Å². The van der Waals surface area contributed by atoms with Crippen LogP contribution in [-0.2, 0) is 0 Å². The molecule has 0 aliphatic rings. The molecule has 1 atom stereocenters. The van der Waals surface area contributed by atoms with Crippen molar-refractivity contribution in [1.82, 2.24) is 19.7 Å². The lowest BCUT2D eigenvalue weighted by molar-refractivity contribution is 0.343. The van der Waals surface area contributed by atoms with Crippen LogP contribution in [0.15, 0.2) is 6.33 Å². The van der Waals surface area contributed by atoms with E-state index in [0.717, 1.165) is 21.2 Å². The average molecular weight is 345 g/mol. The van der Waals surface area contributed by atoms with Crippen molar-refractivity contribution >= 4 is 39.4 Å². The molecule has 0 aliphatic heterocycles. The third kappa shape index (κ3) is 2.10. The Morgan fingerprint density at radius 3 is 2.71 bits per heavy atom. The SMILES string of the molecule is CCC(C(C)C)n1nc(I)c2c(N)ncnc21.